The minimum absolute atomic E-state index is 0.149. The molecule has 0 aliphatic heterocycles. The first-order valence-corrected chi connectivity index (χ1v) is 9.25. The summed E-state index contributed by atoms with van der Waals surface area (Å²) in [5, 5.41) is 7.61. The van der Waals surface area contributed by atoms with Crippen molar-refractivity contribution in [3.05, 3.63) is 52.0 Å². The lowest BCUT2D eigenvalue weighted by molar-refractivity contribution is 0.102. The summed E-state index contributed by atoms with van der Waals surface area (Å²) in [6.45, 7) is 1.86. The maximum Gasteiger partial charge on any atom is 0.259 e. The number of hydrogen-bond donors (Lipinski definition) is 1. The average molecular weight is 341 g/mol. The Morgan fingerprint density at radius 1 is 1.22 bits per heavy atom. The van der Waals surface area contributed by atoms with Crippen molar-refractivity contribution in [2.75, 3.05) is 5.32 Å². The molecule has 3 heterocycles. The first kappa shape index (κ1) is 14.5. The minimum Gasteiger partial charge on any atom is -0.298 e. The molecule has 3 aromatic heterocycles. The van der Waals surface area contributed by atoms with E-state index in [1.807, 2.05) is 41.9 Å². The molecule has 4 rings (SSSR count). The van der Waals surface area contributed by atoms with Crippen LogP contribution in [0, 0.1) is 6.92 Å². The van der Waals surface area contributed by atoms with E-state index in [0.29, 0.717) is 16.6 Å². The van der Waals surface area contributed by atoms with Crippen molar-refractivity contribution >= 4 is 33.7 Å². The van der Waals surface area contributed by atoms with Crippen molar-refractivity contribution in [2.24, 2.45) is 0 Å². The van der Waals surface area contributed by atoms with Crippen LogP contribution in [0.2, 0.25) is 0 Å². The van der Waals surface area contributed by atoms with Crippen molar-refractivity contribution in [1.29, 1.82) is 0 Å². The molecule has 0 unspecified atom stereocenters. The maximum absolute atomic E-state index is 12.4. The number of amides is 1. The number of hydrogen-bond acceptors (Lipinski definition) is 5. The third-order valence-corrected chi connectivity index (χ3v) is 5.51. The fourth-order valence-electron chi connectivity index (χ4n) is 2.44. The van der Waals surface area contributed by atoms with Crippen LogP contribution < -0.4 is 5.32 Å². The van der Waals surface area contributed by atoms with Gasteiger partial charge in [-0.05, 0) is 43.3 Å². The highest BCUT2D eigenvalue weighted by molar-refractivity contribution is 7.14. The van der Waals surface area contributed by atoms with Gasteiger partial charge in [-0.25, -0.2) is 4.98 Å². The Balaban J connectivity index is 1.53. The zero-order chi connectivity index (χ0) is 15.8. The van der Waals surface area contributed by atoms with E-state index in [2.05, 4.69) is 15.3 Å². The van der Waals surface area contributed by atoms with Gasteiger partial charge >= 0.3 is 0 Å². The second kappa shape index (κ2) is 5.86. The van der Waals surface area contributed by atoms with Gasteiger partial charge in [0, 0.05) is 11.3 Å². The molecule has 116 valence electrons. The number of thiophene rings is 1. The van der Waals surface area contributed by atoms with Gasteiger partial charge in [-0.3, -0.25) is 15.1 Å². The number of nitrogens with one attached hydrogen (secondary N) is 1. The van der Waals surface area contributed by atoms with Crippen LogP contribution in [0.25, 0.3) is 10.6 Å². The molecule has 0 radical (unpaired) electrons. The van der Waals surface area contributed by atoms with Gasteiger partial charge in [-0.1, -0.05) is 6.07 Å². The molecule has 0 aromatic carbocycles. The van der Waals surface area contributed by atoms with Gasteiger partial charge in [-0.2, -0.15) is 0 Å². The molecule has 6 heteroatoms. The first-order chi connectivity index (χ1) is 11.2. The zero-order valence-electron chi connectivity index (χ0n) is 12.6. The number of anilines is 1. The summed E-state index contributed by atoms with van der Waals surface area (Å²) in [7, 11) is 0. The number of carbonyl (C=O) groups is 1. The normalized spacial score (nSPS) is 14.0. The van der Waals surface area contributed by atoms with Gasteiger partial charge in [0.1, 0.15) is 0 Å². The highest BCUT2D eigenvalue weighted by Gasteiger charge is 2.26. The highest BCUT2D eigenvalue weighted by atomic mass is 32.1. The van der Waals surface area contributed by atoms with Crippen LogP contribution in [0.4, 0.5) is 5.13 Å². The second-order valence-corrected chi connectivity index (χ2v) is 7.42. The zero-order valence-corrected chi connectivity index (χ0v) is 14.2. The van der Waals surface area contributed by atoms with Crippen molar-refractivity contribution in [2.45, 2.75) is 25.7 Å². The summed E-state index contributed by atoms with van der Waals surface area (Å²) >= 11 is 3.13. The van der Waals surface area contributed by atoms with Crippen LogP contribution in [-0.2, 0) is 0 Å². The lowest BCUT2D eigenvalue weighted by Gasteiger charge is -2.06. The lowest BCUT2D eigenvalue weighted by atomic mass is 10.1. The minimum atomic E-state index is -0.149. The molecule has 0 bridgehead atoms. The van der Waals surface area contributed by atoms with Gasteiger partial charge < -0.3 is 0 Å². The molecular weight excluding hydrogens is 326 g/mol. The summed E-state index contributed by atoms with van der Waals surface area (Å²) in [5.41, 5.74) is 3.33. The van der Waals surface area contributed by atoms with Crippen molar-refractivity contribution < 1.29 is 4.79 Å². The van der Waals surface area contributed by atoms with Gasteiger partial charge in [0.15, 0.2) is 5.13 Å². The highest BCUT2D eigenvalue weighted by Crippen LogP contribution is 2.40. The van der Waals surface area contributed by atoms with E-state index in [0.717, 1.165) is 22.0 Å². The standard InChI is InChI=1S/C17H15N3OS2/c1-10-12(6-7-13(18-10)15-3-2-8-22-15)16(21)20-17-19-14(9-23-17)11-4-5-11/h2-3,6-9,11H,4-5H2,1H3,(H,19,20,21). The van der Waals surface area contributed by atoms with Crippen LogP contribution in [0.5, 0.6) is 0 Å². The third-order valence-electron chi connectivity index (χ3n) is 3.84. The monoisotopic (exact) mass is 341 g/mol. The molecule has 1 N–H and O–H groups in total. The number of aromatic nitrogens is 2. The molecule has 1 saturated carbocycles. The van der Waals surface area contributed by atoms with Crippen molar-refractivity contribution in [3.63, 3.8) is 0 Å². The summed E-state index contributed by atoms with van der Waals surface area (Å²) in [6.07, 6.45) is 2.43. The molecule has 0 spiro atoms. The van der Waals surface area contributed by atoms with Crippen LogP contribution in [0.1, 0.15) is 40.5 Å². The Kier molecular flexibility index (Phi) is 3.71. The number of aryl methyl sites for hydroxylation is 1. The molecule has 4 nitrogen and oxygen atoms in total. The largest absolute Gasteiger partial charge is 0.298 e. The number of carbonyl (C=O) groups excluding carboxylic acids is 1. The Morgan fingerprint density at radius 3 is 2.78 bits per heavy atom. The van der Waals surface area contributed by atoms with Gasteiger partial charge in [0.05, 0.1) is 27.5 Å². The third kappa shape index (κ3) is 3.04. The van der Waals surface area contributed by atoms with E-state index >= 15 is 0 Å². The average Bonchev–Trinajstić information content (AvgIpc) is 3.06. The predicted molar refractivity (Wildman–Crippen MR) is 94.3 cm³/mol. The molecule has 1 aliphatic rings. The molecule has 1 amide bonds. The fraction of sp³-hybridized carbons (Fsp3) is 0.235. The smallest absolute Gasteiger partial charge is 0.259 e. The fourth-order valence-corrected chi connectivity index (χ4v) is 3.92. The molecule has 0 saturated heterocycles. The maximum atomic E-state index is 12.4. The summed E-state index contributed by atoms with van der Waals surface area (Å²) < 4.78 is 0. The van der Waals surface area contributed by atoms with Crippen LogP contribution in [0.15, 0.2) is 35.0 Å². The van der Waals surface area contributed by atoms with Crippen molar-refractivity contribution in [3.8, 4) is 10.6 Å². The molecule has 3 aromatic rings. The van der Waals surface area contributed by atoms with Crippen molar-refractivity contribution in [1.82, 2.24) is 9.97 Å². The van der Waals surface area contributed by atoms with Crippen LogP contribution >= 0.6 is 22.7 Å². The molecule has 0 atom stereocenters. The quantitative estimate of drug-likeness (QED) is 0.748. The molecule has 1 aliphatic carbocycles. The van der Waals surface area contributed by atoms with E-state index in [1.54, 1.807) is 11.3 Å². The second-order valence-electron chi connectivity index (χ2n) is 5.61. The number of rotatable bonds is 4. The van der Waals surface area contributed by atoms with Gasteiger partial charge in [-0.15, -0.1) is 22.7 Å². The Labute approximate surface area is 142 Å². The number of pyridine rings is 1. The Bertz CT molecular complexity index is 851. The van der Waals surface area contributed by atoms with Crippen LogP contribution in [0.3, 0.4) is 0 Å². The van der Waals surface area contributed by atoms with E-state index in [9.17, 15) is 4.79 Å². The topological polar surface area (TPSA) is 54.9 Å². The Hall–Kier alpha value is -2.05. The van der Waals surface area contributed by atoms with E-state index in [-0.39, 0.29) is 5.91 Å². The summed E-state index contributed by atoms with van der Waals surface area (Å²) in [5.74, 6) is 0.454. The first-order valence-electron chi connectivity index (χ1n) is 7.49. The summed E-state index contributed by atoms with van der Waals surface area (Å²) in [6, 6.07) is 7.76. The number of nitrogens with zero attached hydrogens (tertiary/aromatic N) is 2. The van der Waals surface area contributed by atoms with E-state index in [4.69, 9.17) is 0 Å². The van der Waals surface area contributed by atoms with Gasteiger partial charge in [0.25, 0.3) is 5.91 Å². The molecule has 1 fully saturated rings. The Morgan fingerprint density at radius 2 is 2.09 bits per heavy atom. The number of thiazole rings is 1. The van der Waals surface area contributed by atoms with Gasteiger partial charge in [0.2, 0.25) is 0 Å². The summed E-state index contributed by atoms with van der Waals surface area (Å²) in [4.78, 5) is 22.6. The predicted octanol–water partition coefficient (Wildman–Crippen LogP) is 4.70. The van der Waals surface area contributed by atoms with Crippen LogP contribution in [-0.4, -0.2) is 15.9 Å². The SMILES string of the molecule is Cc1nc(-c2cccs2)ccc1C(=O)Nc1nc(C2CC2)cs1. The van der Waals surface area contributed by atoms with E-state index in [1.165, 1.54) is 24.2 Å². The molecule has 23 heavy (non-hydrogen) atoms. The van der Waals surface area contributed by atoms with E-state index < -0.39 is 0 Å². The lowest BCUT2D eigenvalue weighted by Crippen LogP contribution is -2.14. The molecular formula is C17H15N3OS2.